The van der Waals surface area contributed by atoms with E-state index < -0.39 is 6.04 Å². The van der Waals surface area contributed by atoms with Crippen molar-refractivity contribution in [3.8, 4) is 5.75 Å². The highest BCUT2D eigenvalue weighted by atomic mass is 16.5. The molecule has 0 spiro atoms. The Morgan fingerprint density at radius 1 is 1.07 bits per heavy atom. The summed E-state index contributed by atoms with van der Waals surface area (Å²) in [5.41, 5.74) is 1.51. The van der Waals surface area contributed by atoms with E-state index in [2.05, 4.69) is 10.6 Å². The summed E-state index contributed by atoms with van der Waals surface area (Å²) in [5, 5.41) is 5.88. The van der Waals surface area contributed by atoms with Crippen molar-refractivity contribution in [2.45, 2.75) is 56.8 Å². The molecule has 0 bridgehead atoms. The second kappa shape index (κ2) is 6.34. The van der Waals surface area contributed by atoms with Crippen molar-refractivity contribution < 1.29 is 19.1 Å². The number of hydrogen-bond donors (Lipinski definition) is 2. The van der Waals surface area contributed by atoms with Gasteiger partial charge in [-0.3, -0.25) is 19.7 Å². The summed E-state index contributed by atoms with van der Waals surface area (Å²) in [6, 6.07) is 5.44. The van der Waals surface area contributed by atoms with E-state index in [-0.39, 0.29) is 30.2 Å². The monoisotopic (exact) mass is 369 g/mol. The largest absolute Gasteiger partial charge is 0.489 e. The van der Waals surface area contributed by atoms with Crippen molar-refractivity contribution in [3.63, 3.8) is 0 Å². The van der Waals surface area contributed by atoms with Crippen LogP contribution in [0.1, 0.15) is 48.0 Å². The Bertz CT molecular complexity index is 823. The number of fused-ring (bicyclic) bond motifs is 2. The predicted octanol–water partition coefficient (Wildman–Crippen LogP) is 0.967. The molecule has 5 rings (SSSR count). The first kappa shape index (κ1) is 16.7. The molecule has 3 aliphatic heterocycles. The standard InChI is InChI=1S/C20H23N3O4/c24-17-6-4-15(19(25)22-17)23-10-12-9-13(2-3-14(12)20(23)26)27-16-5-1-11-7-8-21-18(11)16/h2-3,9,11,15-16,18,21H,1,4-8,10H2,(H,22,24,25)/t11-,15?,16?,18+/m1/s1. The molecule has 1 saturated carbocycles. The fourth-order valence-electron chi connectivity index (χ4n) is 5.03. The zero-order valence-electron chi connectivity index (χ0n) is 15.1. The molecule has 4 aliphatic rings. The van der Waals surface area contributed by atoms with Gasteiger partial charge in [0, 0.05) is 24.6 Å². The van der Waals surface area contributed by atoms with Gasteiger partial charge in [-0.25, -0.2) is 0 Å². The van der Waals surface area contributed by atoms with Gasteiger partial charge in [-0.2, -0.15) is 0 Å². The summed E-state index contributed by atoms with van der Waals surface area (Å²) in [5.74, 6) is 0.698. The maximum atomic E-state index is 12.7. The summed E-state index contributed by atoms with van der Waals surface area (Å²) < 4.78 is 6.25. The van der Waals surface area contributed by atoms with Crippen molar-refractivity contribution in [1.29, 1.82) is 0 Å². The number of rotatable bonds is 3. The van der Waals surface area contributed by atoms with Crippen LogP contribution in [-0.2, 0) is 16.1 Å². The molecule has 3 heterocycles. The highest BCUT2D eigenvalue weighted by Gasteiger charge is 2.41. The first-order valence-electron chi connectivity index (χ1n) is 9.78. The minimum Gasteiger partial charge on any atom is -0.489 e. The van der Waals surface area contributed by atoms with Gasteiger partial charge in [0.2, 0.25) is 11.8 Å². The van der Waals surface area contributed by atoms with Gasteiger partial charge in [-0.1, -0.05) is 0 Å². The molecule has 1 aromatic rings. The third-order valence-electron chi connectivity index (χ3n) is 6.41. The minimum atomic E-state index is -0.578. The number of nitrogens with zero attached hydrogens (tertiary/aromatic N) is 1. The highest BCUT2D eigenvalue weighted by Crippen LogP contribution is 2.36. The van der Waals surface area contributed by atoms with E-state index in [1.54, 1.807) is 11.0 Å². The quantitative estimate of drug-likeness (QED) is 0.775. The second-order valence-electron chi connectivity index (χ2n) is 7.98. The SMILES string of the molecule is O=C1CCC(N2Cc3cc(OC4CC[C@@H]5CCN[C@H]45)ccc3C2=O)C(=O)N1. The molecule has 3 amide bonds. The Labute approximate surface area is 157 Å². The Morgan fingerprint density at radius 3 is 2.81 bits per heavy atom. The number of piperidine rings is 1. The van der Waals surface area contributed by atoms with Crippen LogP contribution in [0.4, 0.5) is 0 Å². The van der Waals surface area contributed by atoms with Crippen LogP contribution >= 0.6 is 0 Å². The molecule has 1 aliphatic carbocycles. The maximum Gasteiger partial charge on any atom is 0.255 e. The van der Waals surface area contributed by atoms with Gasteiger partial charge in [0.25, 0.3) is 5.91 Å². The third kappa shape index (κ3) is 2.81. The Kier molecular flexibility index (Phi) is 3.93. The molecule has 2 saturated heterocycles. The Balaban J connectivity index is 1.32. The number of ether oxygens (including phenoxy) is 1. The van der Waals surface area contributed by atoms with Crippen LogP contribution in [0.15, 0.2) is 18.2 Å². The van der Waals surface area contributed by atoms with Gasteiger partial charge in [-0.05, 0) is 61.9 Å². The lowest BCUT2D eigenvalue weighted by Crippen LogP contribution is -2.52. The van der Waals surface area contributed by atoms with Crippen LogP contribution in [0, 0.1) is 5.92 Å². The molecule has 2 unspecified atom stereocenters. The number of imide groups is 1. The molecule has 7 heteroatoms. The van der Waals surface area contributed by atoms with Gasteiger partial charge >= 0.3 is 0 Å². The van der Waals surface area contributed by atoms with E-state index in [0.717, 1.165) is 24.3 Å². The number of nitrogens with one attached hydrogen (secondary N) is 2. The maximum absolute atomic E-state index is 12.7. The smallest absolute Gasteiger partial charge is 0.255 e. The molecule has 1 aromatic carbocycles. The lowest BCUT2D eigenvalue weighted by molar-refractivity contribution is -0.136. The molecule has 3 fully saturated rings. The van der Waals surface area contributed by atoms with E-state index in [4.69, 9.17) is 4.74 Å². The molecule has 0 radical (unpaired) electrons. The first-order valence-corrected chi connectivity index (χ1v) is 9.78. The van der Waals surface area contributed by atoms with Crippen molar-refractivity contribution in [3.05, 3.63) is 29.3 Å². The summed E-state index contributed by atoms with van der Waals surface area (Å²) in [4.78, 5) is 37.8. The summed E-state index contributed by atoms with van der Waals surface area (Å²) >= 11 is 0. The predicted molar refractivity (Wildman–Crippen MR) is 96.0 cm³/mol. The molecule has 2 N–H and O–H groups in total. The second-order valence-corrected chi connectivity index (χ2v) is 7.98. The average molecular weight is 369 g/mol. The summed E-state index contributed by atoms with van der Waals surface area (Å²) in [7, 11) is 0. The molecule has 4 atom stereocenters. The van der Waals surface area contributed by atoms with Crippen LogP contribution in [-0.4, -0.2) is 47.4 Å². The number of carbonyl (C=O) groups is 3. The number of carbonyl (C=O) groups excluding carboxylic acids is 3. The lowest BCUT2D eigenvalue weighted by atomic mass is 10.0. The first-order chi connectivity index (χ1) is 13.1. The van der Waals surface area contributed by atoms with E-state index in [1.807, 2.05) is 12.1 Å². The Morgan fingerprint density at radius 2 is 1.96 bits per heavy atom. The zero-order valence-corrected chi connectivity index (χ0v) is 15.1. The van der Waals surface area contributed by atoms with Crippen molar-refractivity contribution in [1.82, 2.24) is 15.5 Å². The van der Waals surface area contributed by atoms with E-state index in [1.165, 1.54) is 12.8 Å². The number of hydrogen-bond acceptors (Lipinski definition) is 5. The fourth-order valence-corrected chi connectivity index (χ4v) is 5.03. The molecule has 27 heavy (non-hydrogen) atoms. The van der Waals surface area contributed by atoms with E-state index in [0.29, 0.717) is 30.5 Å². The van der Waals surface area contributed by atoms with Gasteiger partial charge in [0.15, 0.2) is 0 Å². The third-order valence-corrected chi connectivity index (χ3v) is 6.41. The van der Waals surface area contributed by atoms with Crippen LogP contribution < -0.4 is 15.4 Å². The Hall–Kier alpha value is -2.41. The summed E-state index contributed by atoms with van der Waals surface area (Å²) in [6.07, 6.45) is 4.31. The molecule has 0 aromatic heterocycles. The number of amides is 3. The van der Waals surface area contributed by atoms with Gasteiger partial charge in [0.05, 0.1) is 0 Å². The molecular formula is C20H23N3O4. The van der Waals surface area contributed by atoms with Gasteiger partial charge < -0.3 is 15.0 Å². The minimum absolute atomic E-state index is 0.149. The summed E-state index contributed by atoms with van der Waals surface area (Å²) in [6.45, 7) is 1.45. The lowest BCUT2D eigenvalue weighted by Gasteiger charge is -2.29. The van der Waals surface area contributed by atoms with Crippen LogP contribution in [0.2, 0.25) is 0 Å². The van der Waals surface area contributed by atoms with E-state index >= 15 is 0 Å². The van der Waals surface area contributed by atoms with Gasteiger partial charge in [0.1, 0.15) is 17.9 Å². The van der Waals surface area contributed by atoms with Crippen molar-refractivity contribution in [2.75, 3.05) is 6.54 Å². The molecule has 142 valence electrons. The van der Waals surface area contributed by atoms with Gasteiger partial charge in [-0.15, -0.1) is 0 Å². The van der Waals surface area contributed by atoms with Crippen LogP contribution in [0.25, 0.3) is 0 Å². The normalized spacial score (nSPS) is 32.4. The zero-order chi connectivity index (χ0) is 18.5. The van der Waals surface area contributed by atoms with Crippen molar-refractivity contribution in [2.24, 2.45) is 5.92 Å². The van der Waals surface area contributed by atoms with Crippen LogP contribution in [0.5, 0.6) is 5.75 Å². The molecular weight excluding hydrogens is 346 g/mol. The van der Waals surface area contributed by atoms with E-state index in [9.17, 15) is 14.4 Å². The molecule has 7 nitrogen and oxygen atoms in total. The highest BCUT2D eigenvalue weighted by molar-refractivity contribution is 6.05. The van der Waals surface area contributed by atoms with Crippen LogP contribution in [0.3, 0.4) is 0 Å². The fraction of sp³-hybridized carbons (Fsp3) is 0.550. The van der Waals surface area contributed by atoms with Crippen molar-refractivity contribution >= 4 is 17.7 Å². The average Bonchev–Trinajstić information content (AvgIpc) is 3.32. The topological polar surface area (TPSA) is 87.7 Å². The number of benzene rings is 1.